The fraction of sp³-hybridized carbons (Fsp3) is 0.455. The minimum absolute atomic E-state index is 0.000795. The molecule has 1 heterocycles. The van der Waals surface area contributed by atoms with Crippen molar-refractivity contribution in [2.24, 2.45) is 0 Å². The summed E-state index contributed by atoms with van der Waals surface area (Å²) in [6.07, 6.45) is 1.67. The van der Waals surface area contributed by atoms with Crippen LogP contribution in [0.15, 0.2) is 18.3 Å². The summed E-state index contributed by atoms with van der Waals surface area (Å²) in [4.78, 5) is 17.2. The van der Waals surface area contributed by atoms with Gasteiger partial charge >= 0.3 is 0 Å². The van der Waals surface area contributed by atoms with Gasteiger partial charge in [0.2, 0.25) is 5.91 Å². The number of nitrogens with zero attached hydrogens (tertiary/aromatic N) is 2. The lowest BCUT2D eigenvalue weighted by atomic mass is 10.2. The molecule has 0 bridgehead atoms. The minimum atomic E-state index is -0.0772. The molecule has 3 nitrogen and oxygen atoms in total. The van der Waals surface area contributed by atoms with E-state index in [-0.39, 0.29) is 17.8 Å². The Morgan fingerprint density at radius 3 is 2.62 bits per heavy atom. The molecule has 1 aromatic heterocycles. The second kappa shape index (κ2) is 6.06. The van der Waals surface area contributed by atoms with E-state index in [9.17, 15) is 4.79 Å². The van der Waals surface area contributed by atoms with Crippen LogP contribution in [-0.4, -0.2) is 27.7 Å². The highest BCUT2D eigenvalue weighted by atomic mass is 35.5. The van der Waals surface area contributed by atoms with Crippen LogP contribution in [0, 0.1) is 0 Å². The van der Waals surface area contributed by atoms with Gasteiger partial charge in [-0.15, -0.1) is 11.6 Å². The molecular formula is C11H14Cl2N2O. The van der Waals surface area contributed by atoms with Gasteiger partial charge < -0.3 is 4.90 Å². The Kier molecular flexibility index (Phi) is 5.03. The Labute approximate surface area is 105 Å². The van der Waals surface area contributed by atoms with Gasteiger partial charge in [-0.3, -0.25) is 4.79 Å². The molecule has 0 aliphatic rings. The Balaban J connectivity index is 2.75. The first kappa shape index (κ1) is 13.3. The molecule has 0 saturated heterocycles. The van der Waals surface area contributed by atoms with Crippen molar-refractivity contribution in [2.45, 2.75) is 26.4 Å². The zero-order valence-corrected chi connectivity index (χ0v) is 10.8. The zero-order valence-electron chi connectivity index (χ0n) is 9.28. The van der Waals surface area contributed by atoms with Crippen molar-refractivity contribution in [1.29, 1.82) is 0 Å². The average Bonchev–Trinajstić information content (AvgIpc) is 2.27. The van der Waals surface area contributed by atoms with E-state index in [4.69, 9.17) is 23.2 Å². The smallest absolute Gasteiger partial charge is 0.238 e. The Bertz CT molecular complexity index is 352. The summed E-state index contributed by atoms with van der Waals surface area (Å²) >= 11 is 11.2. The molecule has 0 aliphatic carbocycles. The van der Waals surface area contributed by atoms with Crippen molar-refractivity contribution < 1.29 is 4.79 Å². The normalized spacial score (nSPS) is 10.6. The minimum Gasteiger partial charge on any atom is -0.335 e. The van der Waals surface area contributed by atoms with Crippen molar-refractivity contribution in [2.75, 3.05) is 5.88 Å². The maximum absolute atomic E-state index is 11.6. The van der Waals surface area contributed by atoms with Gasteiger partial charge in [0, 0.05) is 18.8 Å². The summed E-state index contributed by atoms with van der Waals surface area (Å²) in [6, 6.07) is 3.68. The van der Waals surface area contributed by atoms with E-state index >= 15 is 0 Å². The van der Waals surface area contributed by atoms with E-state index < -0.39 is 0 Å². The van der Waals surface area contributed by atoms with Crippen LogP contribution in [0.2, 0.25) is 5.15 Å². The first-order chi connectivity index (χ1) is 7.54. The van der Waals surface area contributed by atoms with E-state index in [0.29, 0.717) is 11.7 Å². The molecule has 0 fully saturated rings. The number of amides is 1. The monoisotopic (exact) mass is 260 g/mol. The quantitative estimate of drug-likeness (QED) is 0.616. The molecule has 0 radical (unpaired) electrons. The highest BCUT2D eigenvalue weighted by Gasteiger charge is 2.16. The largest absolute Gasteiger partial charge is 0.335 e. The molecule has 0 atom stereocenters. The number of alkyl halides is 1. The predicted molar refractivity (Wildman–Crippen MR) is 65.7 cm³/mol. The summed E-state index contributed by atoms with van der Waals surface area (Å²) in [5, 5.41) is 0.448. The van der Waals surface area contributed by atoms with Gasteiger partial charge in [-0.05, 0) is 25.5 Å². The molecule has 0 aliphatic heterocycles. The lowest BCUT2D eigenvalue weighted by Crippen LogP contribution is -2.37. The third-order valence-corrected chi connectivity index (χ3v) is 2.65. The molecule has 0 unspecified atom stereocenters. The third-order valence-electron chi connectivity index (χ3n) is 2.20. The third kappa shape index (κ3) is 3.65. The number of pyridine rings is 1. The Morgan fingerprint density at radius 1 is 1.50 bits per heavy atom. The molecule has 0 N–H and O–H groups in total. The van der Waals surface area contributed by atoms with Crippen LogP contribution >= 0.6 is 23.2 Å². The lowest BCUT2D eigenvalue weighted by molar-refractivity contribution is -0.130. The second-order valence-electron chi connectivity index (χ2n) is 3.74. The molecule has 5 heteroatoms. The molecule has 0 aromatic carbocycles. The molecule has 0 saturated carbocycles. The number of halogens is 2. The fourth-order valence-corrected chi connectivity index (χ4v) is 1.60. The topological polar surface area (TPSA) is 33.2 Å². The average molecular weight is 261 g/mol. The van der Waals surface area contributed by atoms with Crippen molar-refractivity contribution >= 4 is 29.1 Å². The molecule has 16 heavy (non-hydrogen) atoms. The van der Waals surface area contributed by atoms with Crippen LogP contribution in [0.25, 0.3) is 0 Å². The molecule has 0 spiro atoms. The molecule has 1 rings (SSSR count). The van der Waals surface area contributed by atoms with E-state index in [0.717, 1.165) is 5.56 Å². The standard InChI is InChI=1S/C11H14Cl2N2O/c1-8(2)15(11(16)5-12)7-9-3-4-10(13)14-6-9/h3-4,6,8H,5,7H2,1-2H3. The summed E-state index contributed by atoms with van der Waals surface area (Å²) in [5.74, 6) is -0.0780. The number of carbonyl (C=O) groups is 1. The van der Waals surface area contributed by atoms with Crippen molar-refractivity contribution in [3.8, 4) is 0 Å². The number of hydrogen-bond acceptors (Lipinski definition) is 2. The highest BCUT2D eigenvalue weighted by molar-refractivity contribution is 6.29. The molecule has 88 valence electrons. The van der Waals surface area contributed by atoms with E-state index in [1.165, 1.54) is 0 Å². The zero-order chi connectivity index (χ0) is 12.1. The molecular weight excluding hydrogens is 247 g/mol. The van der Waals surface area contributed by atoms with Crippen LogP contribution in [-0.2, 0) is 11.3 Å². The first-order valence-electron chi connectivity index (χ1n) is 5.00. The van der Waals surface area contributed by atoms with Crippen LogP contribution in [0.5, 0.6) is 0 Å². The van der Waals surface area contributed by atoms with E-state index in [2.05, 4.69) is 4.98 Å². The first-order valence-corrected chi connectivity index (χ1v) is 5.91. The van der Waals surface area contributed by atoms with Crippen molar-refractivity contribution in [3.63, 3.8) is 0 Å². The fourth-order valence-electron chi connectivity index (χ4n) is 1.33. The van der Waals surface area contributed by atoms with Crippen LogP contribution in [0.4, 0.5) is 0 Å². The summed E-state index contributed by atoms with van der Waals surface area (Å²) in [7, 11) is 0. The SMILES string of the molecule is CC(C)N(Cc1ccc(Cl)nc1)C(=O)CCl. The van der Waals surface area contributed by atoms with Gasteiger partial charge in [-0.1, -0.05) is 17.7 Å². The Morgan fingerprint density at radius 2 is 2.19 bits per heavy atom. The maximum Gasteiger partial charge on any atom is 0.238 e. The lowest BCUT2D eigenvalue weighted by Gasteiger charge is -2.25. The predicted octanol–water partition coefficient (Wildman–Crippen LogP) is 2.71. The number of aromatic nitrogens is 1. The molecule has 1 aromatic rings. The van der Waals surface area contributed by atoms with Gasteiger partial charge in [0.15, 0.2) is 0 Å². The van der Waals surface area contributed by atoms with Crippen molar-refractivity contribution in [1.82, 2.24) is 9.88 Å². The van der Waals surface area contributed by atoms with Crippen LogP contribution in [0.1, 0.15) is 19.4 Å². The van der Waals surface area contributed by atoms with Crippen molar-refractivity contribution in [3.05, 3.63) is 29.0 Å². The number of carbonyl (C=O) groups excluding carboxylic acids is 1. The number of hydrogen-bond donors (Lipinski definition) is 0. The van der Waals surface area contributed by atoms with Crippen LogP contribution in [0.3, 0.4) is 0 Å². The van der Waals surface area contributed by atoms with Gasteiger partial charge in [-0.25, -0.2) is 4.98 Å². The highest BCUT2D eigenvalue weighted by Crippen LogP contribution is 2.11. The summed E-state index contributed by atoms with van der Waals surface area (Å²) in [6.45, 7) is 4.41. The van der Waals surface area contributed by atoms with Gasteiger partial charge in [0.05, 0.1) is 0 Å². The summed E-state index contributed by atoms with van der Waals surface area (Å²) < 4.78 is 0. The van der Waals surface area contributed by atoms with Gasteiger partial charge in [0.25, 0.3) is 0 Å². The Hall–Kier alpha value is -0.800. The van der Waals surface area contributed by atoms with E-state index in [1.54, 1.807) is 17.2 Å². The second-order valence-corrected chi connectivity index (χ2v) is 4.39. The maximum atomic E-state index is 11.6. The van der Waals surface area contributed by atoms with Crippen LogP contribution < -0.4 is 0 Å². The number of rotatable bonds is 4. The van der Waals surface area contributed by atoms with Gasteiger partial charge in [0.1, 0.15) is 11.0 Å². The van der Waals surface area contributed by atoms with E-state index in [1.807, 2.05) is 19.9 Å². The van der Waals surface area contributed by atoms with Gasteiger partial charge in [-0.2, -0.15) is 0 Å². The molecule has 1 amide bonds. The summed E-state index contributed by atoms with van der Waals surface area (Å²) in [5.41, 5.74) is 0.941.